The molecule has 3 aromatic heterocycles. The van der Waals surface area contributed by atoms with Crippen LogP contribution >= 0.6 is 38.6 Å². The number of thiophene rings is 1. The van der Waals surface area contributed by atoms with Crippen LogP contribution in [0.5, 0.6) is 0 Å². The number of thiazole rings is 1. The minimum atomic E-state index is 0.322. The van der Waals surface area contributed by atoms with Gasteiger partial charge in [0.05, 0.1) is 31.5 Å². The molecule has 138 valence electrons. The van der Waals surface area contributed by atoms with Crippen molar-refractivity contribution in [1.29, 1.82) is 0 Å². The third-order valence-corrected chi connectivity index (χ3v) is 7.55. The highest BCUT2D eigenvalue weighted by atomic mass is 79.9. The van der Waals surface area contributed by atoms with E-state index in [0.29, 0.717) is 24.4 Å². The average Bonchev–Trinajstić information content (AvgIpc) is 3.41. The molecule has 0 N–H and O–H groups in total. The highest BCUT2D eigenvalue weighted by Crippen LogP contribution is 2.37. The number of nitrogens with zero attached hydrogens (tertiary/aromatic N) is 4. The molecule has 4 heterocycles. The van der Waals surface area contributed by atoms with Gasteiger partial charge in [-0.15, -0.1) is 32.9 Å². The van der Waals surface area contributed by atoms with Crippen molar-refractivity contribution in [1.82, 2.24) is 20.1 Å². The summed E-state index contributed by atoms with van der Waals surface area (Å²) in [5.74, 6) is 1.26. The van der Waals surface area contributed by atoms with Gasteiger partial charge in [0.15, 0.2) is 0 Å². The summed E-state index contributed by atoms with van der Waals surface area (Å²) in [6, 6.07) is 12.7. The summed E-state index contributed by atoms with van der Waals surface area (Å²) in [4.78, 5) is 8.31. The van der Waals surface area contributed by atoms with Crippen LogP contribution in [0.3, 0.4) is 0 Å². The van der Waals surface area contributed by atoms with Crippen LogP contribution in [0, 0.1) is 0 Å². The second-order valence-corrected chi connectivity index (χ2v) is 10.1. The molecular weight excluding hydrogens is 444 g/mol. The van der Waals surface area contributed by atoms with E-state index in [1.54, 1.807) is 22.7 Å². The van der Waals surface area contributed by atoms with Crippen LogP contribution in [0.4, 0.5) is 0 Å². The van der Waals surface area contributed by atoms with Crippen LogP contribution in [0.1, 0.15) is 36.2 Å². The summed E-state index contributed by atoms with van der Waals surface area (Å²) in [7, 11) is 0. The second kappa shape index (κ2) is 7.43. The molecule has 1 fully saturated rings. The van der Waals surface area contributed by atoms with Crippen LogP contribution < -0.4 is 0 Å². The maximum atomic E-state index is 5.94. The number of halogens is 1. The smallest absolute Gasteiger partial charge is 0.257 e. The van der Waals surface area contributed by atoms with E-state index in [0.717, 1.165) is 27.1 Å². The lowest BCUT2D eigenvalue weighted by molar-refractivity contribution is 0.128. The van der Waals surface area contributed by atoms with Gasteiger partial charge in [-0.1, -0.05) is 18.6 Å². The van der Waals surface area contributed by atoms with Gasteiger partial charge >= 0.3 is 0 Å². The number of hydrogen-bond acceptors (Lipinski definition) is 7. The molecule has 1 saturated heterocycles. The molecule has 1 aromatic carbocycles. The molecule has 0 spiro atoms. The quantitative estimate of drug-likeness (QED) is 0.379. The van der Waals surface area contributed by atoms with Gasteiger partial charge in [-0.25, -0.2) is 4.98 Å². The van der Waals surface area contributed by atoms with Crippen LogP contribution in [-0.4, -0.2) is 26.6 Å². The van der Waals surface area contributed by atoms with Crippen LogP contribution in [0.15, 0.2) is 44.6 Å². The largest absolute Gasteiger partial charge is 0.419 e. The van der Waals surface area contributed by atoms with Gasteiger partial charge in [0.2, 0.25) is 5.89 Å². The summed E-state index contributed by atoms with van der Waals surface area (Å²) in [5.41, 5.74) is 1.09. The lowest BCUT2D eigenvalue weighted by Crippen LogP contribution is -2.33. The highest BCUT2D eigenvalue weighted by Gasteiger charge is 2.28. The summed E-state index contributed by atoms with van der Waals surface area (Å²) in [6.45, 7) is 1.70. The van der Waals surface area contributed by atoms with Crippen molar-refractivity contribution in [2.45, 2.75) is 31.8 Å². The zero-order valence-corrected chi connectivity index (χ0v) is 17.7. The number of rotatable bonds is 4. The minimum absolute atomic E-state index is 0.322. The van der Waals surface area contributed by atoms with E-state index in [4.69, 9.17) is 9.40 Å². The molecular formula is C19H17BrN4OS2. The molecule has 8 heteroatoms. The third-order valence-electron chi connectivity index (χ3n) is 4.80. The monoisotopic (exact) mass is 460 g/mol. The van der Waals surface area contributed by atoms with Gasteiger partial charge in [0, 0.05) is 0 Å². The van der Waals surface area contributed by atoms with Crippen molar-refractivity contribution in [3.8, 4) is 10.8 Å². The van der Waals surface area contributed by atoms with Gasteiger partial charge in [0.1, 0.15) is 5.01 Å². The van der Waals surface area contributed by atoms with Gasteiger partial charge in [-0.05, 0) is 59.6 Å². The van der Waals surface area contributed by atoms with Crippen LogP contribution in [-0.2, 0) is 6.54 Å². The first-order valence-electron chi connectivity index (χ1n) is 8.94. The van der Waals surface area contributed by atoms with E-state index in [1.807, 2.05) is 18.2 Å². The van der Waals surface area contributed by atoms with Gasteiger partial charge in [0.25, 0.3) is 5.89 Å². The predicted molar refractivity (Wildman–Crippen MR) is 112 cm³/mol. The molecule has 0 saturated carbocycles. The molecule has 1 aliphatic rings. The number of aromatic nitrogens is 3. The fourth-order valence-corrected chi connectivity index (χ4v) is 5.96. The van der Waals surface area contributed by atoms with Crippen molar-refractivity contribution < 1.29 is 4.42 Å². The Morgan fingerprint density at radius 1 is 1.11 bits per heavy atom. The van der Waals surface area contributed by atoms with Crippen molar-refractivity contribution >= 4 is 48.8 Å². The topological polar surface area (TPSA) is 55.1 Å². The first kappa shape index (κ1) is 17.5. The summed E-state index contributed by atoms with van der Waals surface area (Å²) in [5, 5.41) is 9.71. The number of para-hydroxylation sites is 1. The Hall–Kier alpha value is -1.61. The van der Waals surface area contributed by atoms with E-state index in [9.17, 15) is 0 Å². The zero-order chi connectivity index (χ0) is 18.2. The minimum Gasteiger partial charge on any atom is -0.419 e. The molecule has 1 atom stereocenters. The van der Waals surface area contributed by atoms with E-state index in [2.05, 4.69) is 49.2 Å². The Balaban J connectivity index is 1.38. The number of likely N-dealkylation sites (tertiary alicyclic amines) is 1. The van der Waals surface area contributed by atoms with Gasteiger partial charge in [-0.2, -0.15) is 0 Å². The zero-order valence-electron chi connectivity index (χ0n) is 14.5. The van der Waals surface area contributed by atoms with E-state index < -0.39 is 0 Å². The first-order valence-corrected chi connectivity index (χ1v) is 11.4. The maximum Gasteiger partial charge on any atom is 0.257 e. The van der Waals surface area contributed by atoms with E-state index in [1.165, 1.54) is 22.5 Å². The molecule has 0 aliphatic carbocycles. The summed E-state index contributed by atoms with van der Waals surface area (Å²) in [6.07, 6.45) is 3.55. The van der Waals surface area contributed by atoms with E-state index >= 15 is 0 Å². The standard InChI is InChI=1S/C19H17BrN4OS2/c20-16-9-8-15(26-16)18-23-22-17(25-18)11-24-10-4-3-6-13(24)19-21-12-5-1-2-7-14(12)27-19/h1-2,5,7-9,13H,3-4,6,10-11H2. The molecule has 27 heavy (non-hydrogen) atoms. The fourth-order valence-electron chi connectivity index (χ4n) is 3.51. The van der Waals surface area contributed by atoms with E-state index in [-0.39, 0.29) is 0 Å². The van der Waals surface area contributed by atoms with Crippen LogP contribution in [0.2, 0.25) is 0 Å². The van der Waals surface area contributed by atoms with Crippen LogP contribution in [0.25, 0.3) is 21.0 Å². The molecule has 0 bridgehead atoms. The Morgan fingerprint density at radius 3 is 2.89 bits per heavy atom. The Bertz CT molecular complexity index is 1040. The molecule has 0 radical (unpaired) electrons. The maximum absolute atomic E-state index is 5.94. The number of piperidine rings is 1. The predicted octanol–water partition coefficient (Wildman–Crippen LogP) is 5.90. The van der Waals surface area contributed by atoms with Crippen molar-refractivity contribution in [3.63, 3.8) is 0 Å². The van der Waals surface area contributed by atoms with Gasteiger partial charge in [-0.3, -0.25) is 4.90 Å². The first-order chi connectivity index (χ1) is 13.3. The van der Waals surface area contributed by atoms with Crippen molar-refractivity contribution in [2.75, 3.05) is 6.54 Å². The molecule has 5 rings (SSSR count). The van der Waals surface area contributed by atoms with Crippen molar-refractivity contribution in [2.24, 2.45) is 0 Å². The highest BCUT2D eigenvalue weighted by molar-refractivity contribution is 9.11. The third kappa shape index (κ3) is 3.59. The van der Waals surface area contributed by atoms with Crippen molar-refractivity contribution in [3.05, 3.63) is 51.1 Å². The normalized spacial score (nSPS) is 18.3. The Labute approximate surface area is 173 Å². The second-order valence-electron chi connectivity index (χ2n) is 6.61. The summed E-state index contributed by atoms with van der Waals surface area (Å²) >= 11 is 6.88. The molecule has 5 nitrogen and oxygen atoms in total. The number of benzene rings is 1. The SMILES string of the molecule is Brc1ccc(-c2nnc(CN3CCCCC3c3nc4ccccc4s3)o2)s1. The molecule has 4 aromatic rings. The van der Waals surface area contributed by atoms with Gasteiger partial charge < -0.3 is 4.42 Å². The Morgan fingerprint density at radius 2 is 2.04 bits per heavy atom. The molecule has 0 amide bonds. The lowest BCUT2D eigenvalue weighted by atomic mass is 10.0. The number of hydrogen-bond donors (Lipinski definition) is 0. The summed E-state index contributed by atoms with van der Waals surface area (Å²) < 4.78 is 8.25. The fraction of sp³-hybridized carbons (Fsp3) is 0.316. The lowest BCUT2D eigenvalue weighted by Gasteiger charge is -2.33. The molecule has 1 aliphatic heterocycles. The molecule has 1 unspecified atom stereocenters. The average molecular weight is 461 g/mol. The number of fused-ring (bicyclic) bond motifs is 1. The Kier molecular flexibility index (Phi) is 4.81.